The van der Waals surface area contributed by atoms with Crippen molar-refractivity contribution in [2.24, 2.45) is 0 Å². The lowest BCUT2D eigenvalue weighted by molar-refractivity contribution is 0.102. The lowest BCUT2D eigenvalue weighted by Gasteiger charge is -2.37. The first-order chi connectivity index (χ1) is 14.1. The number of carbonyl (C=O) groups excluding carboxylic acids is 1. The Balaban J connectivity index is 1.48. The number of phenols is 1. The Kier molecular flexibility index (Phi) is 5.67. The number of hydrogen-bond acceptors (Lipinski definition) is 5. The van der Waals surface area contributed by atoms with Crippen LogP contribution in [0.1, 0.15) is 10.4 Å². The van der Waals surface area contributed by atoms with E-state index >= 15 is 0 Å². The quantitative estimate of drug-likeness (QED) is 0.622. The van der Waals surface area contributed by atoms with Crippen LogP contribution >= 0.6 is 15.9 Å². The van der Waals surface area contributed by atoms with Gasteiger partial charge in [0, 0.05) is 42.5 Å². The summed E-state index contributed by atoms with van der Waals surface area (Å²) in [5.41, 5.74) is 2.12. The molecule has 6 nitrogen and oxygen atoms in total. The number of amides is 1. The summed E-state index contributed by atoms with van der Waals surface area (Å²) in [6.07, 6.45) is 1.71. The first-order valence-electron chi connectivity index (χ1n) is 9.41. The molecule has 0 spiro atoms. The number of halogens is 1. The number of para-hydroxylation sites is 2. The maximum Gasteiger partial charge on any atom is 0.259 e. The number of pyridine rings is 1. The van der Waals surface area contributed by atoms with Crippen molar-refractivity contribution in [1.82, 2.24) is 4.98 Å². The van der Waals surface area contributed by atoms with Gasteiger partial charge in [-0.25, -0.2) is 4.98 Å². The second-order valence-corrected chi connectivity index (χ2v) is 7.71. The zero-order valence-corrected chi connectivity index (χ0v) is 17.3. The molecule has 0 unspecified atom stereocenters. The van der Waals surface area contributed by atoms with Gasteiger partial charge >= 0.3 is 0 Å². The highest BCUT2D eigenvalue weighted by atomic mass is 79.9. The molecular weight excluding hydrogens is 432 g/mol. The van der Waals surface area contributed by atoms with Gasteiger partial charge in [-0.1, -0.05) is 28.1 Å². The minimum Gasteiger partial charge on any atom is -0.506 e. The third-order valence-corrected chi connectivity index (χ3v) is 5.46. The molecule has 2 aromatic carbocycles. The van der Waals surface area contributed by atoms with Gasteiger partial charge in [0.1, 0.15) is 11.6 Å². The molecule has 0 aliphatic carbocycles. The first-order valence-corrected chi connectivity index (χ1v) is 10.2. The molecule has 1 aliphatic heterocycles. The highest BCUT2D eigenvalue weighted by Crippen LogP contribution is 2.28. The van der Waals surface area contributed by atoms with Crippen LogP contribution in [0.5, 0.6) is 5.75 Å². The molecule has 1 aromatic heterocycles. The molecule has 1 saturated heterocycles. The van der Waals surface area contributed by atoms with Crippen LogP contribution in [0.15, 0.2) is 71.3 Å². The largest absolute Gasteiger partial charge is 0.506 e. The van der Waals surface area contributed by atoms with Gasteiger partial charge in [0.15, 0.2) is 0 Å². The number of rotatable bonds is 4. The summed E-state index contributed by atoms with van der Waals surface area (Å²) >= 11 is 3.40. The zero-order valence-electron chi connectivity index (χ0n) is 15.8. The van der Waals surface area contributed by atoms with E-state index in [2.05, 4.69) is 36.0 Å². The van der Waals surface area contributed by atoms with Crippen LogP contribution < -0.4 is 15.1 Å². The minimum absolute atomic E-state index is 0.182. The number of hydrogen-bond donors (Lipinski definition) is 2. The summed E-state index contributed by atoms with van der Waals surface area (Å²) < 4.78 is 0.958. The molecule has 1 amide bonds. The van der Waals surface area contributed by atoms with Gasteiger partial charge in [-0.3, -0.25) is 4.79 Å². The third kappa shape index (κ3) is 4.35. The van der Waals surface area contributed by atoms with Crippen LogP contribution in [0.25, 0.3) is 0 Å². The first kappa shape index (κ1) is 19.3. The summed E-state index contributed by atoms with van der Waals surface area (Å²) in [4.78, 5) is 21.6. The number of benzene rings is 2. The van der Waals surface area contributed by atoms with Gasteiger partial charge in [-0.2, -0.15) is 0 Å². The standard InChI is InChI=1S/C22H21BrN4O2/c23-16-7-9-17(10-8-16)25-22(29)18-4-3-11-24-21(18)27-14-12-26(13-15-27)19-5-1-2-6-20(19)28/h1-11,28H,12-15H2,(H,25,29). The van der Waals surface area contributed by atoms with Crippen molar-refractivity contribution < 1.29 is 9.90 Å². The van der Waals surface area contributed by atoms with Crippen molar-refractivity contribution >= 4 is 39.0 Å². The molecule has 29 heavy (non-hydrogen) atoms. The molecule has 0 saturated carbocycles. The normalized spacial score (nSPS) is 14.0. The Bertz CT molecular complexity index is 1000. The zero-order chi connectivity index (χ0) is 20.2. The van der Waals surface area contributed by atoms with E-state index in [1.54, 1.807) is 24.4 Å². The van der Waals surface area contributed by atoms with E-state index in [1.165, 1.54) is 0 Å². The molecule has 2 N–H and O–H groups in total. The summed E-state index contributed by atoms with van der Waals surface area (Å²) in [7, 11) is 0. The summed E-state index contributed by atoms with van der Waals surface area (Å²) in [6.45, 7) is 2.90. The topological polar surface area (TPSA) is 68.7 Å². The second-order valence-electron chi connectivity index (χ2n) is 6.80. The van der Waals surface area contributed by atoms with Crippen LogP contribution in [0.2, 0.25) is 0 Å². The van der Waals surface area contributed by atoms with E-state index in [4.69, 9.17) is 0 Å². The number of piperazine rings is 1. The number of aromatic hydroxyl groups is 1. The van der Waals surface area contributed by atoms with Gasteiger partial charge in [0.05, 0.1) is 11.3 Å². The number of nitrogens with zero attached hydrogens (tertiary/aromatic N) is 3. The van der Waals surface area contributed by atoms with E-state index < -0.39 is 0 Å². The van der Waals surface area contributed by atoms with Crippen molar-refractivity contribution in [3.8, 4) is 5.75 Å². The number of aromatic nitrogens is 1. The summed E-state index contributed by atoms with van der Waals surface area (Å²) in [5.74, 6) is 0.783. The monoisotopic (exact) mass is 452 g/mol. The highest BCUT2D eigenvalue weighted by molar-refractivity contribution is 9.10. The van der Waals surface area contributed by atoms with Gasteiger partial charge in [0.25, 0.3) is 5.91 Å². The molecule has 0 bridgehead atoms. The maximum absolute atomic E-state index is 12.9. The van der Waals surface area contributed by atoms with Crippen LogP contribution in [-0.2, 0) is 0 Å². The minimum atomic E-state index is -0.182. The molecule has 2 heterocycles. The SMILES string of the molecule is O=C(Nc1ccc(Br)cc1)c1cccnc1N1CCN(c2ccccc2O)CC1. The smallest absolute Gasteiger partial charge is 0.259 e. The number of carbonyl (C=O) groups is 1. The predicted octanol–water partition coefficient (Wildman–Crippen LogP) is 4.13. The Morgan fingerprint density at radius 3 is 2.34 bits per heavy atom. The Morgan fingerprint density at radius 2 is 1.62 bits per heavy atom. The molecule has 0 atom stereocenters. The molecular formula is C22H21BrN4O2. The van der Waals surface area contributed by atoms with Gasteiger partial charge in [-0.15, -0.1) is 0 Å². The lowest BCUT2D eigenvalue weighted by atomic mass is 10.2. The van der Waals surface area contributed by atoms with Crippen LogP contribution in [0.4, 0.5) is 17.2 Å². The van der Waals surface area contributed by atoms with Gasteiger partial charge < -0.3 is 20.2 Å². The third-order valence-electron chi connectivity index (χ3n) is 4.94. The van der Waals surface area contributed by atoms with E-state index in [0.29, 0.717) is 24.5 Å². The Morgan fingerprint density at radius 1 is 0.931 bits per heavy atom. The van der Waals surface area contributed by atoms with Crippen molar-refractivity contribution in [3.63, 3.8) is 0 Å². The molecule has 1 aliphatic rings. The van der Waals surface area contributed by atoms with Crippen molar-refractivity contribution in [1.29, 1.82) is 0 Å². The Hall–Kier alpha value is -3.06. The summed E-state index contributed by atoms with van der Waals surface area (Å²) in [6, 6.07) is 18.4. The number of phenolic OH excluding ortho intramolecular Hbond substituents is 1. The highest BCUT2D eigenvalue weighted by Gasteiger charge is 2.23. The number of nitrogens with one attached hydrogen (secondary N) is 1. The van der Waals surface area contributed by atoms with Crippen LogP contribution in [0, 0.1) is 0 Å². The predicted molar refractivity (Wildman–Crippen MR) is 119 cm³/mol. The summed E-state index contributed by atoms with van der Waals surface area (Å²) in [5, 5.41) is 13.0. The van der Waals surface area contributed by atoms with Crippen molar-refractivity contribution in [3.05, 3.63) is 76.9 Å². The van der Waals surface area contributed by atoms with Crippen molar-refractivity contribution in [2.45, 2.75) is 0 Å². The lowest BCUT2D eigenvalue weighted by Crippen LogP contribution is -2.47. The fourth-order valence-electron chi connectivity index (χ4n) is 3.45. The molecule has 4 rings (SSSR count). The molecule has 148 valence electrons. The second kappa shape index (κ2) is 8.53. The van der Waals surface area contributed by atoms with Crippen LogP contribution in [0.3, 0.4) is 0 Å². The van der Waals surface area contributed by atoms with E-state index in [-0.39, 0.29) is 11.7 Å². The van der Waals surface area contributed by atoms with Crippen molar-refractivity contribution in [2.75, 3.05) is 41.3 Å². The fraction of sp³-hybridized carbons (Fsp3) is 0.182. The molecule has 3 aromatic rings. The van der Waals surface area contributed by atoms with Gasteiger partial charge in [-0.05, 0) is 48.5 Å². The van der Waals surface area contributed by atoms with Gasteiger partial charge in [0.2, 0.25) is 0 Å². The molecule has 0 radical (unpaired) electrons. The van der Waals surface area contributed by atoms with Crippen LogP contribution in [-0.4, -0.2) is 42.2 Å². The van der Waals surface area contributed by atoms with E-state index in [1.807, 2.05) is 42.5 Å². The van der Waals surface area contributed by atoms with E-state index in [0.717, 1.165) is 28.9 Å². The maximum atomic E-state index is 12.9. The molecule has 1 fully saturated rings. The molecule has 7 heteroatoms. The Labute approximate surface area is 177 Å². The fourth-order valence-corrected chi connectivity index (χ4v) is 3.71. The average molecular weight is 453 g/mol. The average Bonchev–Trinajstić information content (AvgIpc) is 2.76. The number of anilines is 3. The van der Waals surface area contributed by atoms with E-state index in [9.17, 15) is 9.90 Å².